The van der Waals surface area contributed by atoms with Gasteiger partial charge in [0.1, 0.15) is 9.84 Å². The number of hydrogen-bond acceptors (Lipinski definition) is 4. The van der Waals surface area contributed by atoms with Gasteiger partial charge in [-0.1, -0.05) is 0 Å². The van der Waals surface area contributed by atoms with Gasteiger partial charge in [0, 0.05) is 37.1 Å². The van der Waals surface area contributed by atoms with E-state index in [1.54, 1.807) is 6.20 Å². The Hall–Kier alpha value is -0.880. The first kappa shape index (κ1) is 13.2. The zero-order valence-corrected chi connectivity index (χ0v) is 10.8. The summed E-state index contributed by atoms with van der Waals surface area (Å²) < 4.78 is 23.6. The highest BCUT2D eigenvalue weighted by Gasteiger charge is 2.03. The van der Waals surface area contributed by atoms with Crippen LogP contribution in [0.25, 0.3) is 0 Å². The fraction of sp³-hybridized carbons (Fsp3) is 0.700. The summed E-state index contributed by atoms with van der Waals surface area (Å²) in [4.78, 5) is 0. The molecule has 0 atom stereocenters. The highest BCUT2D eigenvalue weighted by atomic mass is 32.2. The molecular formula is C10H19N3O2S. The van der Waals surface area contributed by atoms with Crippen molar-refractivity contribution in [2.75, 3.05) is 18.6 Å². The van der Waals surface area contributed by atoms with Gasteiger partial charge in [-0.3, -0.25) is 4.68 Å². The van der Waals surface area contributed by atoms with E-state index in [0.29, 0.717) is 19.1 Å². The summed E-state index contributed by atoms with van der Waals surface area (Å²) in [6.45, 7) is 5.26. The first-order valence-electron chi connectivity index (χ1n) is 5.30. The summed E-state index contributed by atoms with van der Waals surface area (Å²) >= 11 is 0. The van der Waals surface area contributed by atoms with E-state index < -0.39 is 9.84 Å². The highest BCUT2D eigenvalue weighted by Crippen LogP contribution is 2.04. The van der Waals surface area contributed by atoms with E-state index in [9.17, 15) is 8.42 Å². The Morgan fingerprint density at radius 1 is 1.50 bits per heavy atom. The van der Waals surface area contributed by atoms with Crippen LogP contribution in [0.3, 0.4) is 0 Å². The van der Waals surface area contributed by atoms with Crippen molar-refractivity contribution in [1.82, 2.24) is 15.1 Å². The first-order chi connectivity index (χ1) is 7.38. The molecule has 5 nitrogen and oxygen atoms in total. The monoisotopic (exact) mass is 245 g/mol. The molecule has 0 radical (unpaired) electrons. The van der Waals surface area contributed by atoms with Crippen LogP contribution in [0.4, 0.5) is 0 Å². The Balaban J connectivity index is 2.32. The van der Waals surface area contributed by atoms with Crippen LogP contribution in [0.2, 0.25) is 0 Å². The van der Waals surface area contributed by atoms with Crippen molar-refractivity contribution in [2.24, 2.45) is 0 Å². The van der Waals surface area contributed by atoms with E-state index in [-0.39, 0.29) is 5.75 Å². The van der Waals surface area contributed by atoms with Crippen molar-refractivity contribution >= 4 is 9.84 Å². The SMILES string of the molecule is CC(C)n1cc(CNCCS(C)(=O)=O)cn1. The quantitative estimate of drug-likeness (QED) is 0.745. The molecule has 0 spiro atoms. The van der Waals surface area contributed by atoms with Crippen LogP contribution in [-0.2, 0) is 16.4 Å². The minimum Gasteiger partial charge on any atom is -0.312 e. The molecule has 0 saturated carbocycles. The molecule has 0 aliphatic carbocycles. The molecule has 92 valence electrons. The topological polar surface area (TPSA) is 64.0 Å². The molecule has 1 rings (SSSR count). The summed E-state index contributed by atoms with van der Waals surface area (Å²) in [5, 5.41) is 7.28. The fourth-order valence-electron chi connectivity index (χ4n) is 1.24. The Kier molecular flexibility index (Phi) is 4.49. The van der Waals surface area contributed by atoms with Crippen LogP contribution in [0.5, 0.6) is 0 Å². The largest absolute Gasteiger partial charge is 0.312 e. The van der Waals surface area contributed by atoms with Gasteiger partial charge in [0.15, 0.2) is 0 Å². The molecule has 0 amide bonds. The highest BCUT2D eigenvalue weighted by molar-refractivity contribution is 7.90. The van der Waals surface area contributed by atoms with Crippen molar-refractivity contribution in [1.29, 1.82) is 0 Å². The predicted molar refractivity (Wildman–Crippen MR) is 64.0 cm³/mol. The molecule has 0 saturated heterocycles. The van der Waals surface area contributed by atoms with Gasteiger partial charge >= 0.3 is 0 Å². The lowest BCUT2D eigenvalue weighted by atomic mass is 10.3. The summed E-state index contributed by atoms with van der Waals surface area (Å²) in [6, 6.07) is 0.352. The van der Waals surface area contributed by atoms with E-state index in [0.717, 1.165) is 5.56 Å². The molecule has 0 aliphatic heterocycles. The smallest absolute Gasteiger partial charge is 0.148 e. The number of aromatic nitrogens is 2. The van der Waals surface area contributed by atoms with Crippen molar-refractivity contribution in [3.05, 3.63) is 18.0 Å². The van der Waals surface area contributed by atoms with E-state index >= 15 is 0 Å². The van der Waals surface area contributed by atoms with Crippen LogP contribution >= 0.6 is 0 Å². The van der Waals surface area contributed by atoms with Crippen LogP contribution in [0, 0.1) is 0 Å². The molecule has 0 fully saturated rings. The Labute approximate surface area is 96.8 Å². The second kappa shape index (κ2) is 5.45. The van der Waals surface area contributed by atoms with Crippen molar-refractivity contribution < 1.29 is 8.42 Å². The minimum absolute atomic E-state index is 0.172. The van der Waals surface area contributed by atoms with Crippen LogP contribution in [-0.4, -0.2) is 36.8 Å². The van der Waals surface area contributed by atoms with Crippen molar-refractivity contribution in [2.45, 2.75) is 26.4 Å². The van der Waals surface area contributed by atoms with Gasteiger partial charge in [-0.2, -0.15) is 5.10 Å². The predicted octanol–water partition coefficient (Wildman–Crippen LogP) is 0.598. The fourth-order valence-corrected chi connectivity index (χ4v) is 1.76. The third-order valence-electron chi connectivity index (χ3n) is 2.16. The van der Waals surface area contributed by atoms with Gasteiger partial charge in [-0.25, -0.2) is 8.42 Å². The second-order valence-electron chi connectivity index (χ2n) is 4.23. The van der Waals surface area contributed by atoms with E-state index in [2.05, 4.69) is 24.3 Å². The summed E-state index contributed by atoms with van der Waals surface area (Å²) in [7, 11) is -2.87. The Bertz CT molecular complexity index is 423. The van der Waals surface area contributed by atoms with Crippen LogP contribution in [0.1, 0.15) is 25.5 Å². The van der Waals surface area contributed by atoms with Crippen LogP contribution in [0.15, 0.2) is 12.4 Å². The van der Waals surface area contributed by atoms with E-state index in [4.69, 9.17) is 0 Å². The molecule has 1 aromatic heterocycles. The minimum atomic E-state index is -2.87. The number of sulfone groups is 1. The molecule has 0 unspecified atom stereocenters. The number of nitrogens with one attached hydrogen (secondary N) is 1. The van der Waals surface area contributed by atoms with Crippen LogP contribution < -0.4 is 5.32 Å². The molecule has 0 aliphatic rings. The number of nitrogens with zero attached hydrogens (tertiary/aromatic N) is 2. The number of rotatable bonds is 6. The Morgan fingerprint density at radius 2 is 2.19 bits per heavy atom. The first-order valence-corrected chi connectivity index (χ1v) is 7.36. The maximum absolute atomic E-state index is 10.9. The normalized spacial score (nSPS) is 12.2. The molecule has 1 aromatic rings. The summed E-state index contributed by atoms with van der Waals surface area (Å²) in [5.74, 6) is 0.172. The molecular weight excluding hydrogens is 226 g/mol. The lowest BCUT2D eigenvalue weighted by Gasteiger charge is -2.03. The standard InChI is InChI=1S/C10H19N3O2S/c1-9(2)13-8-10(7-12-13)6-11-4-5-16(3,14)15/h7-9,11H,4-6H2,1-3H3. The van der Waals surface area contributed by atoms with Gasteiger partial charge < -0.3 is 5.32 Å². The summed E-state index contributed by atoms with van der Waals surface area (Å²) in [5.41, 5.74) is 1.07. The van der Waals surface area contributed by atoms with Crippen molar-refractivity contribution in [3.63, 3.8) is 0 Å². The van der Waals surface area contributed by atoms with Gasteiger partial charge in [0.25, 0.3) is 0 Å². The maximum Gasteiger partial charge on any atom is 0.148 e. The van der Waals surface area contributed by atoms with Crippen molar-refractivity contribution in [3.8, 4) is 0 Å². The van der Waals surface area contributed by atoms with Gasteiger partial charge in [-0.15, -0.1) is 0 Å². The molecule has 1 N–H and O–H groups in total. The molecule has 1 heterocycles. The third kappa shape index (κ3) is 4.76. The molecule has 16 heavy (non-hydrogen) atoms. The molecule has 6 heteroatoms. The van der Waals surface area contributed by atoms with E-state index in [1.165, 1.54) is 6.26 Å². The third-order valence-corrected chi connectivity index (χ3v) is 3.11. The average Bonchev–Trinajstić information content (AvgIpc) is 2.59. The second-order valence-corrected chi connectivity index (χ2v) is 6.49. The van der Waals surface area contributed by atoms with Gasteiger partial charge in [0.2, 0.25) is 0 Å². The molecule has 0 bridgehead atoms. The zero-order valence-electron chi connectivity index (χ0n) is 9.97. The number of hydrogen-bond donors (Lipinski definition) is 1. The molecule has 0 aromatic carbocycles. The zero-order chi connectivity index (χ0) is 12.2. The van der Waals surface area contributed by atoms with Gasteiger partial charge in [-0.05, 0) is 13.8 Å². The summed E-state index contributed by atoms with van der Waals surface area (Å²) in [6.07, 6.45) is 5.01. The lowest BCUT2D eigenvalue weighted by Crippen LogP contribution is -2.21. The maximum atomic E-state index is 10.9. The average molecular weight is 245 g/mol. The van der Waals surface area contributed by atoms with E-state index in [1.807, 2.05) is 10.9 Å². The lowest BCUT2D eigenvalue weighted by molar-refractivity contribution is 0.531. The van der Waals surface area contributed by atoms with Gasteiger partial charge in [0.05, 0.1) is 11.9 Å². The Morgan fingerprint density at radius 3 is 2.69 bits per heavy atom.